The van der Waals surface area contributed by atoms with E-state index in [1.807, 2.05) is 24.3 Å². The number of carbonyl (C=O) groups is 1. The summed E-state index contributed by atoms with van der Waals surface area (Å²) in [7, 11) is 0. The van der Waals surface area contributed by atoms with Gasteiger partial charge >= 0.3 is 0 Å². The molecule has 4 nitrogen and oxygen atoms in total. The number of fused-ring (bicyclic) bond motifs is 1. The highest BCUT2D eigenvalue weighted by atomic mass is 35.5. The molecule has 3 rings (SSSR count). The third-order valence-corrected chi connectivity index (χ3v) is 3.38. The average molecular weight is 262 g/mol. The summed E-state index contributed by atoms with van der Waals surface area (Å²) in [6.07, 6.45) is 6.76. The van der Waals surface area contributed by atoms with Gasteiger partial charge in [-0.2, -0.15) is 0 Å². The van der Waals surface area contributed by atoms with Gasteiger partial charge in [0.1, 0.15) is 10.8 Å². The Morgan fingerprint density at radius 2 is 2.22 bits per heavy atom. The zero-order valence-corrected chi connectivity index (χ0v) is 10.5. The van der Waals surface area contributed by atoms with Crippen LogP contribution in [0.3, 0.4) is 0 Å². The van der Waals surface area contributed by atoms with Gasteiger partial charge in [-0.1, -0.05) is 29.8 Å². The summed E-state index contributed by atoms with van der Waals surface area (Å²) in [4.78, 5) is 18.4. The smallest absolute Gasteiger partial charge is 0.275 e. The van der Waals surface area contributed by atoms with E-state index < -0.39 is 0 Å². The molecule has 0 atom stereocenters. The van der Waals surface area contributed by atoms with Crippen LogP contribution in [0.25, 0.3) is 5.65 Å². The number of nitrogens with zero attached hydrogens (tertiary/aromatic N) is 3. The van der Waals surface area contributed by atoms with E-state index in [0.29, 0.717) is 23.0 Å². The Morgan fingerprint density at radius 1 is 1.33 bits per heavy atom. The second-order valence-corrected chi connectivity index (χ2v) is 4.55. The molecular weight excluding hydrogens is 250 g/mol. The Balaban J connectivity index is 2.01. The summed E-state index contributed by atoms with van der Waals surface area (Å²) in [6.45, 7) is 1.35. The Morgan fingerprint density at radius 3 is 2.94 bits per heavy atom. The van der Waals surface area contributed by atoms with Crippen LogP contribution in [0, 0.1) is 0 Å². The van der Waals surface area contributed by atoms with E-state index in [2.05, 4.69) is 11.1 Å². The first-order valence-corrected chi connectivity index (χ1v) is 6.22. The third kappa shape index (κ3) is 1.78. The Bertz CT molecular complexity index is 632. The molecule has 0 spiro atoms. The summed E-state index contributed by atoms with van der Waals surface area (Å²) >= 11 is 6.21. The van der Waals surface area contributed by atoms with Crippen molar-refractivity contribution in [2.75, 3.05) is 13.1 Å². The molecule has 2 aromatic heterocycles. The van der Waals surface area contributed by atoms with E-state index in [1.54, 1.807) is 15.5 Å². The van der Waals surface area contributed by atoms with E-state index in [9.17, 15) is 4.79 Å². The van der Waals surface area contributed by atoms with Gasteiger partial charge in [0.25, 0.3) is 5.91 Å². The first-order chi connectivity index (χ1) is 8.77. The van der Waals surface area contributed by atoms with Crippen molar-refractivity contribution in [3.8, 4) is 0 Å². The Kier molecular flexibility index (Phi) is 2.80. The molecule has 92 valence electrons. The Labute approximate surface area is 109 Å². The van der Waals surface area contributed by atoms with Crippen LogP contribution >= 0.6 is 11.6 Å². The molecule has 0 saturated heterocycles. The fourth-order valence-electron chi connectivity index (χ4n) is 2.08. The number of halogens is 1. The van der Waals surface area contributed by atoms with Gasteiger partial charge < -0.3 is 4.90 Å². The number of aromatic nitrogens is 2. The molecule has 2 aromatic rings. The fourth-order valence-corrected chi connectivity index (χ4v) is 2.34. The van der Waals surface area contributed by atoms with Gasteiger partial charge in [-0.3, -0.25) is 9.20 Å². The zero-order chi connectivity index (χ0) is 12.5. The molecule has 0 unspecified atom stereocenters. The fraction of sp³-hybridized carbons (Fsp3) is 0.231. The molecule has 1 aliphatic rings. The van der Waals surface area contributed by atoms with Crippen molar-refractivity contribution in [2.24, 2.45) is 0 Å². The normalized spacial score (nSPS) is 15.3. The minimum Gasteiger partial charge on any atom is -0.333 e. The molecular formula is C13H12ClN3O. The second-order valence-electron chi connectivity index (χ2n) is 4.19. The quantitative estimate of drug-likeness (QED) is 0.739. The minimum atomic E-state index is -0.104. The monoisotopic (exact) mass is 261 g/mol. The largest absolute Gasteiger partial charge is 0.333 e. The maximum absolute atomic E-state index is 12.3. The molecule has 5 heteroatoms. The van der Waals surface area contributed by atoms with Crippen molar-refractivity contribution in [2.45, 2.75) is 6.42 Å². The highest BCUT2D eigenvalue weighted by molar-refractivity contribution is 6.32. The number of amides is 1. The first kappa shape index (κ1) is 11.3. The Hall–Kier alpha value is -1.81. The molecule has 0 N–H and O–H groups in total. The molecule has 3 heterocycles. The van der Waals surface area contributed by atoms with E-state index in [-0.39, 0.29) is 5.91 Å². The molecule has 0 aliphatic carbocycles. The summed E-state index contributed by atoms with van der Waals surface area (Å²) < 4.78 is 1.72. The van der Waals surface area contributed by atoms with Gasteiger partial charge in [0, 0.05) is 19.3 Å². The lowest BCUT2D eigenvalue weighted by atomic mass is 10.2. The van der Waals surface area contributed by atoms with Crippen molar-refractivity contribution in [1.29, 1.82) is 0 Å². The number of rotatable bonds is 1. The van der Waals surface area contributed by atoms with Crippen molar-refractivity contribution in [3.63, 3.8) is 0 Å². The highest BCUT2D eigenvalue weighted by Gasteiger charge is 2.22. The van der Waals surface area contributed by atoms with Crippen LogP contribution in [-0.4, -0.2) is 33.3 Å². The molecule has 0 bridgehead atoms. The van der Waals surface area contributed by atoms with Crippen molar-refractivity contribution in [1.82, 2.24) is 14.3 Å². The summed E-state index contributed by atoms with van der Waals surface area (Å²) in [5, 5.41) is 0.380. The average Bonchev–Trinajstić information content (AvgIpc) is 2.77. The third-order valence-electron chi connectivity index (χ3n) is 3.02. The van der Waals surface area contributed by atoms with Crippen molar-refractivity contribution < 1.29 is 4.79 Å². The summed E-state index contributed by atoms with van der Waals surface area (Å²) in [6, 6.07) is 5.56. The lowest BCUT2D eigenvalue weighted by Gasteiger charge is -2.22. The van der Waals surface area contributed by atoms with Crippen molar-refractivity contribution in [3.05, 3.63) is 47.4 Å². The van der Waals surface area contributed by atoms with Gasteiger partial charge in [-0.15, -0.1) is 0 Å². The van der Waals surface area contributed by atoms with Crippen LogP contribution in [0.15, 0.2) is 36.5 Å². The molecule has 0 saturated carbocycles. The second kappa shape index (κ2) is 4.46. The van der Waals surface area contributed by atoms with E-state index >= 15 is 0 Å². The lowest BCUT2D eigenvalue weighted by molar-refractivity contribution is 0.0766. The van der Waals surface area contributed by atoms with Gasteiger partial charge in [-0.05, 0) is 18.6 Å². The number of carbonyl (C=O) groups excluding carboxylic acids is 1. The van der Waals surface area contributed by atoms with Crippen molar-refractivity contribution >= 4 is 23.2 Å². The number of hydrogen-bond donors (Lipinski definition) is 0. The molecule has 18 heavy (non-hydrogen) atoms. The number of imidazole rings is 1. The predicted octanol–water partition coefficient (Wildman–Crippen LogP) is 2.39. The van der Waals surface area contributed by atoms with Gasteiger partial charge in [0.2, 0.25) is 0 Å². The van der Waals surface area contributed by atoms with Crippen LogP contribution in [0.5, 0.6) is 0 Å². The SMILES string of the molecule is O=C(c1nc2ccccn2c1Cl)N1CC=CCC1. The zero-order valence-electron chi connectivity index (χ0n) is 9.71. The number of hydrogen-bond acceptors (Lipinski definition) is 2. The van der Waals surface area contributed by atoms with Gasteiger partial charge in [0.15, 0.2) is 5.69 Å². The first-order valence-electron chi connectivity index (χ1n) is 5.84. The molecule has 1 amide bonds. The topological polar surface area (TPSA) is 37.6 Å². The van der Waals surface area contributed by atoms with E-state index in [4.69, 9.17) is 11.6 Å². The maximum Gasteiger partial charge on any atom is 0.275 e. The standard InChI is InChI=1S/C13H12ClN3O/c14-12-11(13(18)16-7-3-1-4-8-16)15-10-6-2-5-9-17(10)12/h1-3,5-6,9H,4,7-8H2. The predicted molar refractivity (Wildman–Crippen MR) is 69.9 cm³/mol. The van der Waals surface area contributed by atoms with Crippen LogP contribution < -0.4 is 0 Å². The van der Waals surface area contributed by atoms with Gasteiger partial charge in [0.05, 0.1) is 0 Å². The molecule has 0 aromatic carbocycles. The van der Waals surface area contributed by atoms with Crippen LogP contribution in [0.4, 0.5) is 0 Å². The van der Waals surface area contributed by atoms with E-state index in [1.165, 1.54) is 0 Å². The van der Waals surface area contributed by atoms with Gasteiger partial charge in [-0.25, -0.2) is 4.98 Å². The van der Waals surface area contributed by atoms with E-state index in [0.717, 1.165) is 13.0 Å². The highest BCUT2D eigenvalue weighted by Crippen LogP contribution is 2.20. The molecule has 0 radical (unpaired) electrons. The molecule has 0 fully saturated rings. The summed E-state index contributed by atoms with van der Waals surface area (Å²) in [5.74, 6) is -0.104. The maximum atomic E-state index is 12.3. The minimum absolute atomic E-state index is 0.104. The lowest BCUT2D eigenvalue weighted by Crippen LogP contribution is -2.34. The van der Waals surface area contributed by atoms with Crippen LogP contribution in [0.1, 0.15) is 16.9 Å². The van der Waals surface area contributed by atoms with Crippen LogP contribution in [-0.2, 0) is 0 Å². The number of pyridine rings is 1. The summed E-state index contributed by atoms with van der Waals surface area (Å²) in [5.41, 5.74) is 1.02. The van der Waals surface area contributed by atoms with Crippen LogP contribution in [0.2, 0.25) is 5.15 Å². The molecule has 1 aliphatic heterocycles.